The summed E-state index contributed by atoms with van der Waals surface area (Å²) in [6, 6.07) is 16.4. The molecule has 4 rings (SSSR count). The van der Waals surface area contributed by atoms with Crippen molar-refractivity contribution in [3.63, 3.8) is 0 Å². The van der Waals surface area contributed by atoms with Crippen LogP contribution in [0.15, 0.2) is 68.9 Å². The van der Waals surface area contributed by atoms with Crippen molar-refractivity contribution >= 4 is 40.6 Å². The van der Waals surface area contributed by atoms with Gasteiger partial charge in [-0.3, -0.25) is 4.79 Å². The zero-order chi connectivity index (χ0) is 24.8. The van der Waals surface area contributed by atoms with Crippen molar-refractivity contribution in [3.8, 4) is 11.5 Å². The van der Waals surface area contributed by atoms with Crippen molar-refractivity contribution in [2.45, 2.75) is 20.0 Å². The Balaban J connectivity index is 1.44. The second kappa shape index (κ2) is 11.0. The van der Waals surface area contributed by atoms with E-state index in [9.17, 15) is 9.59 Å². The lowest BCUT2D eigenvalue weighted by Crippen LogP contribution is -2.19. The number of aryl methyl sites for hydroxylation is 1. The Kier molecular flexibility index (Phi) is 7.57. The number of carbonyl (C=O) groups excluding carboxylic acids is 2. The number of amidine groups is 1. The molecule has 35 heavy (non-hydrogen) atoms. The van der Waals surface area contributed by atoms with E-state index in [1.807, 2.05) is 30.3 Å². The number of esters is 1. The van der Waals surface area contributed by atoms with Gasteiger partial charge in [0, 0.05) is 0 Å². The number of ether oxygens (including phenoxy) is 3. The van der Waals surface area contributed by atoms with Crippen LogP contribution in [0.5, 0.6) is 11.5 Å². The first-order valence-electron chi connectivity index (χ1n) is 10.9. The molecule has 8 nitrogen and oxygen atoms in total. The van der Waals surface area contributed by atoms with Gasteiger partial charge in [0.25, 0.3) is 5.91 Å². The van der Waals surface area contributed by atoms with Crippen LogP contribution in [0.1, 0.15) is 34.4 Å². The highest BCUT2D eigenvalue weighted by Gasteiger charge is 2.24. The Morgan fingerprint density at radius 1 is 1.09 bits per heavy atom. The molecule has 0 radical (unpaired) electrons. The lowest BCUT2D eigenvalue weighted by molar-refractivity contribution is -0.115. The summed E-state index contributed by atoms with van der Waals surface area (Å²) >= 11 is 1.28. The summed E-state index contributed by atoms with van der Waals surface area (Å²) in [5.74, 6) is 0.793. The zero-order valence-electron chi connectivity index (χ0n) is 19.5. The van der Waals surface area contributed by atoms with Crippen LogP contribution < -0.4 is 14.8 Å². The fraction of sp³-hybridized carbons (Fsp3) is 0.192. The van der Waals surface area contributed by atoms with Crippen molar-refractivity contribution in [1.82, 2.24) is 5.32 Å². The van der Waals surface area contributed by atoms with Crippen molar-refractivity contribution in [3.05, 3.63) is 82.1 Å². The highest BCUT2D eigenvalue weighted by molar-refractivity contribution is 8.18. The summed E-state index contributed by atoms with van der Waals surface area (Å²) < 4.78 is 21.3. The van der Waals surface area contributed by atoms with Gasteiger partial charge in [0.05, 0.1) is 24.8 Å². The van der Waals surface area contributed by atoms with Crippen molar-refractivity contribution in [2.24, 2.45) is 4.99 Å². The van der Waals surface area contributed by atoms with Crippen LogP contribution in [0.3, 0.4) is 0 Å². The Bertz CT molecular complexity index is 1290. The number of carbonyl (C=O) groups is 2. The minimum absolute atomic E-state index is 0.102. The molecule has 1 aliphatic rings. The van der Waals surface area contributed by atoms with Gasteiger partial charge in [-0.25, -0.2) is 9.79 Å². The summed E-state index contributed by atoms with van der Waals surface area (Å²) in [6.07, 6.45) is 2.73. The maximum atomic E-state index is 12.5. The quantitative estimate of drug-likeness (QED) is 0.345. The van der Waals surface area contributed by atoms with Crippen molar-refractivity contribution in [2.75, 3.05) is 14.2 Å². The maximum Gasteiger partial charge on any atom is 0.373 e. The number of nitrogens with one attached hydrogen (secondary N) is 1. The summed E-state index contributed by atoms with van der Waals surface area (Å²) in [7, 11) is 2.82. The van der Waals surface area contributed by atoms with E-state index in [1.165, 1.54) is 37.6 Å². The molecule has 0 saturated carbocycles. The molecule has 1 fully saturated rings. The summed E-state index contributed by atoms with van der Waals surface area (Å²) in [5, 5.41) is 3.33. The summed E-state index contributed by atoms with van der Waals surface area (Å²) in [6.45, 7) is 2.20. The van der Waals surface area contributed by atoms with E-state index in [1.54, 1.807) is 24.3 Å². The van der Waals surface area contributed by atoms with E-state index >= 15 is 0 Å². The topological polar surface area (TPSA) is 99.4 Å². The number of furan rings is 1. The van der Waals surface area contributed by atoms with Gasteiger partial charge in [-0.2, -0.15) is 0 Å². The number of nitrogens with zero attached hydrogens (tertiary/aromatic N) is 1. The molecule has 1 amide bonds. The minimum Gasteiger partial charge on any atom is -0.493 e. The first-order valence-corrected chi connectivity index (χ1v) is 11.7. The number of methoxy groups -OCH3 is 2. The highest BCUT2D eigenvalue weighted by Crippen LogP contribution is 2.33. The molecule has 3 aromatic rings. The standard InChI is InChI=1S/C26H24N2O6S/c1-4-16-5-8-18(9-6-16)27-26-28-24(29)23(35-26)14-17-7-11-20(22(13-17)31-2)33-15-19-10-12-21(34-19)25(30)32-3/h5-14H,4,15H2,1-3H3,(H,27,28,29)/b23-14+. The van der Waals surface area contributed by atoms with E-state index in [0.717, 1.165) is 17.7 Å². The fourth-order valence-corrected chi connectivity index (χ4v) is 4.11. The molecule has 0 spiro atoms. The van der Waals surface area contributed by atoms with Crippen LogP contribution in [0.25, 0.3) is 6.08 Å². The van der Waals surface area contributed by atoms with E-state index in [2.05, 4.69) is 22.0 Å². The van der Waals surface area contributed by atoms with E-state index in [-0.39, 0.29) is 18.3 Å². The average Bonchev–Trinajstić information content (AvgIpc) is 3.49. The highest BCUT2D eigenvalue weighted by atomic mass is 32.2. The number of amides is 1. The second-order valence-corrected chi connectivity index (χ2v) is 8.49. The molecule has 1 saturated heterocycles. The van der Waals surface area contributed by atoms with Gasteiger partial charge in [0.1, 0.15) is 12.4 Å². The molecule has 1 N–H and O–H groups in total. The Labute approximate surface area is 207 Å². The molecular formula is C26H24N2O6S. The van der Waals surface area contributed by atoms with Gasteiger partial charge in [-0.05, 0) is 71.8 Å². The first-order chi connectivity index (χ1) is 17.0. The molecule has 0 unspecified atom stereocenters. The second-order valence-electron chi connectivity index (χ2n) is 7.46. The monoisotopic (exact) mass is 492 g/mol. The first kappa shape index (κ1) is 24.2. The molecule has 9 heteroatoms. The van der Waals surface area contributed by atoms with Crippen LogP contribution in [0.2, 0.25) is 0 Å². The van der Waals surface area contributed by atoms with E-state index in [4.69, 9.17) is 13.9 Å². The van der Waals surface area contributed by atoms with Crippen LogP contribution in [0, 0.1) is 0 Å². The predicted molar refractivity (Wildman–Crippen MR) is 134 cm³/mol. The van der Waals surface area contributed by atoms with Crippen LogP contribution in [-0.4, -0.2) is 31.3 Å². The average molecular weight is 493 g/mol. The van der Waals surface area contributed by atoms with Gasteiger partial charge >= 0.3 is 5.97 Å². The van der Waals surface area contributed by atoms with Gasteiger partial charge in [0.2, 0.25) is 5.76 Å². The van der Waals surface area contributed by atoms with Gasteiger partial charge in [-0.1, -0.05) is 25.1 Å². The number of aliphatic imine (C=N–C) groups is 1. The van der Waals surface area contributed by atoms with Crippen LogP contribution >= 0.6 is 11.8 Å². The van der Waals surface area contributed by atoms with E-state index in [0.29, 0.717) is 27.3 Å². The SMILES string of the molecule is CCc1ccc(N=C2NC(=O)/C(=C\c3ccc(OCc4ccc(C(=O)OC)o4)c(OC)c3)S2)cc1. The summed E-state index contributed by atoms with van der Waals surface area (Å²) in [4.78, 5) is 29.0. The molecule has 2 heterocycles. The number of rotatable bonds is 8. The number of thioether (sulfide) groups is 1. The third-order valence-electron chi connectivity index (χ3n) is 5.13. The Morgan fingerprint density at radius 2 is 1.89 bits per heavy atom. The predicted octanol–water partition coefficient (Wildman–Crippen LogP) is 5.11. The molecule has 0 aliphatic carbocycles. The molecule has 0 atom stereocenters. The third-order valence-corrected chi connectivity index (χ3v) is 6.04. The van der Waals surface area contributed by atoms with Gasteiger partial charge < -0.3 is 23.9 Å². The smallest absolute Gasteiger partial charge is 0.373 e. The molecule has 1 aliphatic heterocycles. The Hall–Kier alpha value is -3.98. The van der Waals surface area contributed by atoms with E-state index < -0.39 is 5.97 Å². The molecule has 0 bridgehead atoms. The number of benzene rings is 2. The van der Waals surface area contributed by atoms with Gasteiger partial charge in [-0.15, -0.1) is 0 Å². The normalized spacial score (nSPS) is 15.3. The lowest BCUT2D eigenvalue weighted by atomic mass is 10.2. The third kappa shape index (κ3) is 5.93. The molecular weight excluding hydrogens is 468 g/mol. The molecule has 180 valence electrons. The van der Waals surface area contributed by atoms with Crippen LogP contribution in [0.4, 0.5) is 5.69 Å². The maximum absolute atomic E-state index is 12.5. The fourth-order valence-electron chi connectivity index (χ4n) is 3.26. The van der Waals surface area contributed by atoms with Crippen molar-refractivity contribution < 1.29 is 28.2 Å². The summed E-state index contributed by atoms with van der Waals surface area (Å²) in [5.41, 5.74) is 2.78. The van der Waals surface area contributed by atoms with Crippen LogP contribution in [-0.2, 0) is 22.6 Å². The minimum atomic E-state index is -0.553. The number of hydrogen-bond acceptors (Lipinski definition) is 8. The van der Waals surface area contributed by atoms with Gasteiger partial charge in [0.15, 0.2) is 16.7 Å². The Morgan fingerprint density at radius 3 is 2.60 bits per heavy atom. The van der Waals surface area contributed by atoms with Crippen molar-refractivity contribution in [1.29, 1.82) is 0 Å². The largest absolute Gasteiger partial charge is 0.493 e. The lowest BCUT2D eigenvalue weighted by Gasteiger charge is -2.10. The zero-order valence-corrected chi connectivity index (χ0v) is 20.3. The molecule has 2 aromatic carbocycles. The molecule has 1 aromatic heterocycles. The number of hydrogen-bond donors (Lipinski definition) is 1.